The van der Waals surface area contributed by atoms with Gasteiger partial charge < -0.3 is 19.3 Å². The molecule has 2 unspecified atom stereocenters. The van der Waals surface area contributed by atoms with Crippen LogP contribution in [0.15, 0.2) is 12.2 Å². The molecule has 0 aliphatic carbocycles. The van der Waals surface area contributed by atoms with Crippen molar-refractivity contribution in [3.63, 3.8) is 0 Å². The molecule has 0 saturated carbocycles. The van der Waals surface area contributed by atoms with Crippen molar-refractivity contribution < 1.29 is 33.7 Å². The number of hydrogen-bond acceptors (Lipinski definition) is 7. The second kappa shape index (κ2) is 21.5. The lowest BCUT2D eigenvalue weighted by atomic mass is 10.2. The Morgan fingerprint density at radius 2 is 1.61 bits per heavy atom. The van der Waals surface area contributed by atoms with E-state index >= 15 is 0 Å². The van der Waals surface area contributed by atoms with Crippen molar-refractivity contribution in [2.75, 3.05) is 26.9 Å². The van der Waals surface area contributed by atoms with Crippen molar-refractivity contribution in [3.8, 4) is 0 Å². The van der Waals surface area contributed by atoms with Gasteiger partial charge in [0.2, 0.25) is 0 Å². The van der Waals surface area contributed by atoms with E-state index in [0.717, 1.165) is 12.8 Å². The highest BCUT2D eigenvalue weighted by Gasteiger charge is 2.20. The molecule has 0 aromatic rings. The number of carbonyl (C=O) groups is 3. The van der Waals surface area contributed by atoms with Crippen molar-refractivity contribution in [1.82, 2.24) is 4.90 Å². The molecule has 0 bridgehead atoms. The second-order valence-corrected chi connectivity index (χ2v) is 4.95. The van der Waals surface area contributed by atoms with Crippen molar-refractivity contribution in [2.45, 2.75) is 73.7 Å². The molecule has 1 N–H and O–H groups in total. The van der Waals surface area contributed by atoms with Crippen LogP contribution in [0, 0.1) is 0 Å². The lowest BCUT2D eigenvalue weighted by Crippen LogP contribution is -2.30. The van der Waals surface area contributed by atoms with Crippen LogP contribution in [0.2, 0.25) is 0 Å². The summed E-state index contributed by atoms with van der Waals surface area (Å²) >= 11 is 0. The SMILES string of the molecule is CC.CC.CCCC(COC(C)=O)OC(CO)OC.CCN1C(=O)C=CC1=O. The van der Waals surface area contributed by atoms with Gasteiger partial charge >= 0.3 is 5.97 Å². The zero-order chi connectivity index (χ0) is 22.5. The van der Waals surface area contributed by atoms with E-state index < -0.39 is 6.29 Å². The molecular formula is C20H39NO7. The van der Waals surface area contributed by atoms with E-state index in [1.54, 1.807) is 6.92 Å². The molecule has 0 fully saturated rings. The summed E-state index contributed by atoms with van der Waals surface area (Å²) in [7, 11) is 1.45. The minimum Gasteiger partial charge on any atom is -0.463 e. The van der Waals surface area contributed by atoms with Gasteiger partial charge in [0.15, 0.2) is 6.29 Å². The van der Waals surface area contributed by atoms with E-state index in [9.17, 15) is 14.4 Å². The first-order chi connectivity index (χ1) is 13.4. The summed E-state index contributed by atoms with van der Waals surface area (Å²) in [5.74, 6) is -0.748. The fourth-order valence-electron chi connectivity index (χ4n) is 1.85. The van der Waals surface area contributed by atoms with E-state index in [0.29, 0.717) is 6.54 Å². The van der Waals surface area contributed by atoms with Gasteiger partial charge in [-0.15, -0.1) is 0 Å². The third kappa shape index (κ3) is 15.3. The Morgan fingerprint density at radius 3 is 1.89 bits per heavy atom. The van der Waals surface area contributed by atoms with Gasteiger partial charge in [-0.05, 0) is 13.3 Å². The molecule has 166 valence electrons. The van der Waals surface area contributed by atoms with E-state index in [1.807, 2.05) is 34.6 Å². The fraction of sp³-hybridized carbons (Fsp3) is 0.750. The number of hydrogen-bond donors (Lipinski definition) is 1. The third-order valence-corrected chi connectivity index (χ3v) is 3.06. The Morgan fingerprint density at radius 1 is 1.11 bits per heavy atom. The molecule has 1 heterocycles. The largest absolute Gasteiger partial charge is 0.463 e. The number of rotatable bonds is 9. The van der Waals surface area contributed by atoms with E-state index in [-0.39, 0.29) is 37.1 Å². The van der Waals surface area contributed by atoms with Crippen LogP contribution in [-0.2, 0) is 28.6 Å². The molecule has 0 saturated heterocycles. The molecule has 8 heteroatoms. The van der Waals surface area contributed by atoms with E-state index in [4.69, 9.17) is 19.3 Å². The number of carbonyl (C=O) groups excluding carboxylic acids is 3. The van der Waals surface area contributed by atoms with Crippen LogP contribution < -0.4 is 0 Å². The highest BCUT2D eigenvalue weighted by molar-refractivity contribution is 6.12. The molecule has 1 rings (SSSR count). The monoisotopic (exact) mass is 405 g/mol. The highest BCUT2D eigenvalue weighted by Crippen LogP contribution is 2.07. The van der Waals surface area contributed by atoms with Gasteiger partial charge in [0.05, 0.1) is 12.7 Å². The number of aliphatic hydroxyl groups excluding tert-OH is 1. The summed E-state index contributed by atoms with van der Waals surface area (Å²) in [5, 5.41) is 8.86. The van der Waals surface area contributed by atoms with Crippen LogP contribution >= 0.6 is 0 Å². The molecule has 0 radical (unpaired) electrons. The number of methoxy groups -OCH3 is 1. The summed E-state index contributed by atoms with van der Waals surface area (Å²) in [6, 6.07) is 0. The molecule has 28 heavy (non-hydrogen) atoms. The lowest BCUT2D eigenvalue weighted by molar-refractivity contribution is -0.189. The normalized spacial score (nSPS) is 14.0. The van der Waals surface area contributed by atoms with Crippen LogP contribution in [0.25, 0.3) is 0 Å². The molecule has 0 aromatic carbocycles. The van der Waals surface area contributed by atoms with Crippen molar-refractivity contribution in [1.29, 1.82) is 0 Å². The number of likely N-dealkylation sites (N-methyl/N-ethyl adjacent to an activating group) is 1. The standard InChI is InChI=1S/C10H20O5.C6H7NO2.2C2H6/c1-4-5-9(7-14-8(2)12)15-10(6-11)13-3;1-2-7-5(8)3-4-6(7)9;2*1-2/h9-11H,4-7H2,1-3H3;3-4H,2H2,1H3;2*1-2H3. The van der Waals surface area contributed by atoms with Gasteiger partial charge in [0.25, 0.3) is 11.8 Å². The summed E-state index contributed by atoms with van der Waals surface area (Å²) in [4.78, 5) is 33.1. The Labute approximate surface area is 169 Å². The molecule has 1 aliphatic heterocycles. The van der Waals surface area contributed by atoms with Crippen LogP contribution in [0.4, 0.5) is 0 Å². The summed E-state index contributed by atoms with van der Waals surface area (Å²) in [6.07, 6.45) is 3.35. The molecule has 0 spiro atoms. The highest BCUT2D eigenvalue weighted by atomic mass is 16.7. The molecule has 2 atom stereocenters. The van der Waals surface area contributed by atoms with Gasteiger partial charge in [-0.2, -0.15) is 0 Å². The Hall–Kier alpha value is -1.77. The predicted octanol–water partition coefficient (Wildman–Crippen LogP) is 2.68. The average molecular weight is 406 g/mol. The fourth-order valence-corrected chi connectivity index (χ4v) is 1.85. The number of imide groups is 1. The van der Waals surface area contributed by atoms with Crippen LogP contribution in [0.1, 0.15) is 61.3 Å². The van der Waals surface area contributed by atoms with Gasteiger partial charge in [-0.1, -0.05) is 41.0 Å². The average Bonchev–Trinajstić information content (AvgIpc) is 3.05. The van der Waals surface area contributed by atoms with Crippen molar-refractivity contribution in [2.24, 2.45) is 0 Å². The zero-order valence-corrected chi connectivity index (χ0v) is 18.7. The zero-order valence-electron chi connectivity index (χ0n) is 18.7. The van der Waals surface area contributed by atoms with Crippen molar-refractivity contribution in [3.05, 3.63) is 12.2 Å². The molecule has 1 aliphatic rings. The van der Waals surface area contributed by atoms with Crippen molar-refractivity contribution >= 4 is 17.8 Å². The number of amides is 2. The number of aliphatic hydroxyl groups is 1. The maximum Gasteiger partial charge on any atom is 0.302 e. The molecule has 8 nitrogen and oxygen atoms in total. The molecule has 2 amide bonds. The first-order valence-electron chi connectivity index (χ1n) is 9.85. The first kappa shape index (κ1) is 30.9. The summed E-state index contributed by atoms with van der Waals surface area (Å²) in [6.45, 7) is 13.6. The number of ether oxygens (including phenoxy) is 3. The summed E-state index contributed by atoms with van der Waals surface area (Å²) < 4.78 is 15.1. The van der Waals surface area contributed by atoms with E-state index in [1.165, 1.54) is 31.1 Å². The predicted molar refractivity (Wildman–Crippen MR) is 109 cm³/mol. The smallest absolute Gasteiger partial charge is 0.302 e. The van der Waals surface area contributed by atoms with Crippen LogP contribution in [0.3, 0.4) is 0 Å². The minimum atomic E-state index is -0.655. The maximum absolute atomic E-state index is 10.6. The quantitative estimate of drug-likeness (QED) is 0.357. The number of esters is 1. The minimum absolute atomic E-state index is 0.197. The van der Waals surface area contributed by atoms with Gasteiger partial charge in [-0.3, -0.25) is 19.3 Å². The maximum atomic E-state index is 10.6. The van der Waals surface area contributed by atoms with E-state index in [2.05, 4.69) is 0 Å². The van der Waals surface area contributed by atoms with Gasteiger partial charge in [0.1, 0.15) is 6.61 Å². The Balaban J connectivity index is -0.000000407. The Kier molecular flexibility index (Phi) is 23.8. The summed E-state index contributed by atoms with van der Waals surface area (Å²) in [5.41, 5.74) is 0. The molecule has 0 aromatic heterocycles. The van der Waals surface area contributed by atoms with Crippen LogP contribution in [0.5, 0.6) is 0 Å². The molecular weight excluding hydrogens is 366 g/mol. The first-order valence-corrected chi connectivity index (χ1v) is 9.85. The van der Waals surface area contributed by atoms with Gasteiger partial charge in [0, 0.05) is 32.7 Å². The second-order valence-electron chi connectivity index (χ2n) is 4.95. The lowest BCUT2D eigenvalue weighted by Gasteiger charge is -2.21. The topological polar surface area (TPSA) is 102 Å². The van der Waals surface area contributed by atoms with Gasteiger partial charge in [-0.25, -0.2) is 0 Å². The third-order valence-electron chi connectivity index (χ3n) is 3.06. The Bertz CT molecular complexity index is 416. The van der Waals surface area contributed by atoms with Crippen LogP contribution in [-0.4, -0.2) is 67.1 Å². The number of nitrogens with zero attached hydrogens (tertiary/aromatic N) is 1.